The zero-order chi connectivity index (χ0) is 28.4. The lowest BCUT2D eigenvalue weighted by Crippen LogP contribution is -2.50. The molecule has 40 heavy (non-hydrogen) atoms. The number of aliphatic hydroxyl groups is 1. The maximum atomic E-state index is 14.0. The number of hydroxylamine groups is 2. The van der Waals surface area contributed by atoms with E-state index < -0.39 is 5.54 Å². The van der Waals surface area contributed by atoms with Crippen LogP contribution in [0.1, 0.15) is 52.1 Å². The molecule has 2 aliphatic heterocycles. The smallest absolute Gasteiger partial charge is 0.279 e. The predicted molar refractivity (Wildman–Crippen MR) is 153 cm³/mol. The Morgan fingerprint density at radius 3 is 2.35 bits per heavy atom. The summed E-state index contributed by atoms with van der Waals surface area (Å²) in [6.07, 6.45) is 2.38. The van der Waals surface area contributed by atoms with Crippen molar-refractivity contribution >= 4 is 35.0 Å². The van der Waals surface area contributed by atoms with Gasteiger partial charge in [0.25, 0.3) is 5.91 Å². The van der Waals surface area contributed by atoms with Gasteiger partial charge in [0.15, 0.2) is 0 Å². The summed E-state index contributed by atoms with van der Waals surface area (Å²) >= 11 is 12.5. The van der Waals surface area contributed by atoms with Crippen LogP contribution in [0.5, 0.6) is 0 Å². The fourth-order valence-corrected chi connectivity index (χ4v) is 6.38. The van der Waals surface area contributed by atoms with Gasteiger partial charge in [0.2, 0.25) is 5.91 Å². The maximum Gasteiger partial charge on any atom is 0.279 e. The normalized spacial score (nSPS) is 20.1. The zero-order valence-corrected chi connectivity index (χ0v) is 24.0. The van der Waals surface area contributed by atoms with Crippen molar-refractivity contribution in [1.82, 2.24) is 19.8 Å². The number of aromatic nitrogens is 1. The second-order valence-electron chi connectivity index (χ2n) is 10.1. The van der Waals surface area contributed by atoms with E-state index in [0.717, 1.165) is 22.4 Å². The molecule has 1 saturated heterocycles. The minimum atomic E-state index is -1.07. The molecule has 3 heterocycles. The van der Waals surface area contributed by atoms with Crippen LogP contribution >= 0.6 is 23.2 Å². The molecule has 1 unspecified atom stereocenters. The van der Waals surface area contributed by atoms with Gasteiger partial charge in [-0.1, -0.05) is 47.5 Å². The lowest BCUT2D eigenvalue weighted by molar-refractivity contribution is -0.146. The number of carbonyl (C=O) groups excluding carboxylic acids is 2. The van der Waals surface area contributed by atoms with Gasteiger partial charge >= 0.3 is 0 Å². The summed E-state index contributed by atoms with van der Waals surface area (Å²) in [5.41, 5.74) is 2.75. The van der Waals surface area contributed by atoms with Crippen molar-refractivity contribution in [3.05, 3.63) is 98.8 Å². The van der Waals surface area contributed by atoms with Gasteiger partial charge in [-0.3, -0.25) is 24.3 Å². The van der Waals surface area contributed by atoms with Crippen LogP contribution in [0.3, 0.4) is 0 Å². The standard InChI is InChI=1S/C30H32Cl2N4O4/c1-20(38)34-13-15-35(16-14-34)27(12-17-37)25-4-3-5-26-28(25)30(36(40-2)29(26)39,21-6-8-22(31)9-7-21)18-24-11-10-23(32)19-33-24/h3-11,19,27,37H,12-18H2,1-2H3/t27?,30-/m1/s1. The summed E-state index contributed by atoms with van der Waals surface area (Å²) in [6.45, 7) is 4.07. The lowest BCUT2D eigenvalue weighted by atomic mass is 9.75. The van der Waals surface area contributed by atoms with Crippen molar-refractivity contribution in [3.8, 4) is 0 Å². The Bertz CT molecular complexity index is 1380. The molecule has 2 atom stereocenters. The number of amides is 2. The first-order chi connectivity index (χ1) is 19.3. The molecule has 1 N–H and O–H groups in total. The average molecular weight is 584 g/mol. The summed E-state index contributed by atoms with van der Waals surface area (Å²) in [5.74, 6) is -0.204. The van der Waals surface area contributed by atoms with E-state index in [0.29, 0.717) is 54.6 Å². The topological polar surface area (TPSA) is 86.2 Å². The van der Waals surface area contributed by atoms with Crippen molar-refractivity contribution in [1.29, 1.82) is 0 Å². The third-order valence-corrected chi connectivity index (χ3v) is 8.44. The Kier molecular flexibility index (Phi) is 8.44. The van der Waals surface area contributed by atoms with E-state index in [1.807, 2.05) is 41.3 Å². The largest absolute Gasteiger partial charge is 0.396 e. The molecule has 5 rings (SSSR count). The third kappa shape index (κ3) is 5.10. The number of halogens is 2. The molecular weight excluding hydrogens is 551 g/mol. The molecule has 0 radical (unpaired) electrons. The van der Waals surface area contributed by atoms with E-state index in [1.165, 1.54) is 12.2 Å². The van der Waals surface area contributed by atoms with Crippen LogP contribution in [0.4, 0.5) is 0 Å². The summed E-state index contributed by atoms with van der Waals surface area (Å²) in [4.78, 5) is 40.5. The van der Waals surface area contributed by atoms with Crippen molar-refractivity contribution in [2.45, 2.75) is 31.3 Å². The maximum absolute atomic E-state index is 14.0. The summed E-state index contributed by atoms with van der Waals surface area (Å²) in [5, 5.41) is 12.7. The number of piperazine rings is 1. The molecule has 3 aromatic rings. The number of fused-ring (bicyclic) bond motifs is 1. The lowest BCUT2D eigenvalue weighted by Gasteiger charge is -2.42. The zero-order valence-electron chi connectivity index (χ0n) is 22.5. The fraction of sp³-hybridized carbons (Fsp3) is 0.367. The number of nitrogens with zero attached hydrogens (tertiary/aromatic N) is 4. The molecule has 2 amide bonds. The van der Waals surface area contributed by atoms with Gasteiger partial charge < -0.3 is 10.0 Å². The van der Waals surface area contributed by atoms with Gasteiger partial charge in [-0.05, 0) is 47.9 Å². The van der Waals surface area contributed by atoms with E-state index in [4.69, 9.17) is 28.0 Å². The molecule has 0 aliphatic carbocycles. The Balaban J connectivity index is 1.71. The summed E-state index contributed by atoms with van der Waals surface area (Å²) in [7, 11) is 1.50. The van der Waals surface area contributed by atoms with E-state index in [-0.39, 0.29) is 24.5 Å². The van der Waals surface area contributed by atoms with Crippen LogP contribution in [-0.2, 0) is 21.6 Å². The number of rotatable bonds is 8. The molecule has 0 bridgehead atoms. The number of benzene rings is 2. The Hall–Kier alpha value is -3.01. The summed E-state index contributed by atoms with van der Waals surface area (Å²) in [6, 6.07) is 16.6. The minimum Gasteiger partial charge on any atom is -0.396 e. The Labute approximate surface area is 244 Å². The van der Waals surface area contributed by atoms with Crippen LogP contribution in [-0.4, -0.2) is 76.7 Å². The van der Waals surface area contributed by atoms with Gasteiger partial charge in [-0.2, -0.15) is 0 Å². The van der Waals surface area contributed by atoms with Gasteiger partial charge in [0, 0.05) is 80.2 Å². The number of carbonyl (C=O) groups is 2. The van der Waals surface area contributed by atoms with Gasteiger partial charge in [-0.15, -0.1) is 0 Å². The number of hydrogen-bond acceptors (Lipinski definition) is 6. The molecule has 1 aromatic heterocycles. The third-order valence-electron chi connectivity index (χ3n) is 7.96. The highest BCUT2D eigenvalue weighted by Gasteiger charge is 2.54. The van der Waals surface area contributed by atoms with Crippen LogP contribution in [0.2, 0.25) is 10.0 Å². The van der Waals surface area contributed by atoms with Gasteiger partial charge in [-0.25, -0.2) is 5.06 Å². The first-order valence-corrected chi connectivity index (χ1v) is 14.0. The van der Waals surface area contributed by atoms with E-state index in [2.05, 4.69) is 9.88 Å². The van der Waals surface area contributed by atoms with E-state index in [1.54, 1.807) is 31.3 Å². The monoisotopic (exact) mass is 582 g/mol. The Morgan fingerprint density at radius 1 is 1.05 bits per heavy atom. The number of pyridine rings is 1. The van der Waals surface area contributed by atoms with Gasteiger partial charge in [0.1, 0.15) is 5.54 Å². The van der Waals surface area contributed by atoms with Crippen molar-refractivity contribution in [2.24, 2.45) is 0 Å². The molecule has 2 aliphatic rings. The van der Waals surface area contributed by atoms with Crippen molar-refractivity contribution < 1.29 is 19.5 Å². The second kappa shape index (κ2) is 11.8. The van der Waals surface area contributed by atoms with E-state index in [9.17, 15) is 14.7 Å². The molecule has 0 saturated carbocycles. The average Bonchev–Trinajstić information content (AvgIpc) is 3.21. The van der Waals surface area contributed by atoms with Crippen LogP contribution in [0, 0.1) is 0 Å². The quantitative estimate of drug-likeness (QED) is 0.421. The van der Waals surface area contributed by atoms with Gasteiger partial charge in [0.05, 0.1) is 12.1 Å². The van der Waals surface area contributed by atoms with E-state index >= 15 is 0 Å². The molecule has 1 fully saturated rings. The predicted octanol–water partition coefficient (Wildman–Crippen LogP) is 4.48. The van der Waals surface area contributed by atoms with Crippen LogP contribution in [0.25, 0.3) is 0 Å². The first kappa shape index (κ1) is 28.5. The van der Waals surface area contributed by atoms with Crippen molar-refractivity contribution in [3.63, 3.8) is 0 Å². The number of aliphatic hydroxyl groups excluding tert-OH is 1. The van der Waals surface area contributed by atoms with Crippen molar-refractivity contribution in [2.75, 3.05) is 39.9 Å². The highest BCUT2D eigenvalue weighted by atomic mass is 35.5. The molecule has 10 heteroatoms. The second-order valence-corrected chi connectivity index (χ2v) is 11.0. The Morgan fingerprint density at radius 2 is 1.75 bits per heavy atom. The van der Waals surface area contributed by atoms with Crippen LogP contribution in [0.15, 0.2) is 60.8 Å². The fourth-order valence-electron chi connectivity index (χ4n) is 6.14. The molecule has 0 spiro atoms. The summed E-state index contributed by atoms with van der Waals surface area (Å²) < 4.78 is 0. The SMILES string of the molecule is CON1C(=O)c2cccc(C(CCO)N3CCN(C(C)=O)CC3)c2[C@@]1(Cc1ccc(Cl)cn1)c1ccc(Cl)cc1. The highest BCUT2D eigenvalue weighted by Crippen LogP contribution is 2.50. The minimum absolute atomic E-state index is 0.0319. The molecule has 8 nitrogen and oxygen atoms in total. The molecule has 2 aromatic carbocycles. The number of hydrogen-bond donors (Lipinski definition) is 1. The highest BCUT2D eigenvalue weighted by molar-refractivity contribution is 6.30. The molecular formula is C30H32Cl2N4O4. The first-order valence-electron chi connectivity index (χ1n) is 13.3. The van der Waals surface area contributed by atoms with Crippen LogP contribution < -0.4 is 0 Å². The molecule has 210 valence electrons.